The Morgan fingerprint density at radius 1 is 1.08 bits per heavy atom. The lowest BCUT2D eigenvalue weighted by Crippen LogP contribution is -1.98. The van der Waals surface area contributed by atoms with Crippen LogP contribution in [0, 0.1) is 0 Å². The number of unbranched alkanes of at least 4 members (excludes halogenated alkanes) is 2. The number of phenolic OH excluding ortho intramolecular Hbond substituents is 1. The molecule has 2 nitrogen and oxygen atoms in total. The topological polar surface area (TPSA) is 46.2 Å². The minimum Gasteiger partial charge on any atom is -0.508 e. The lowest BCUT2D eigenvalue weighted by Gasteiger charge is -2.03. The fourth-order valence-corrected chi connectivity index (χ4v) is 1.36. The summed E-state index contributed by atoms with van der Waals surface area (Å²) in [4.78, 5) is 0. The molecule has 0 aliphatic rings. The van der Waals surface area contributed by atoms with Crippen LogP contribution in [-0.4, -0.2) is 11.7 Å². The number of hydrogen-bond donors (Lipinski definition) is 2. The van der Waals surface area contributed by atoms with Crippen LogP contribution in [0.15, 0.2) is 24.3 Å². The van der Waals surface area contributed by atoms with Gasteiger partial charge in [-0.05, 0) is 37.4 Å². The maximum atomic E-state index is 9.44. The predicted molar refractivity (Wildman–Crippen MR) is 54.7 cm³/mol. The van der Waals surface area contributed by atoms with Gasteiger partial charge >= 0.3 is 0 Å². The van der Waals surface area contributed by atoms with Crippen LogP contribution in [0.4, 0.5) is 0 Å². The highest BCUT2D eigenvalue weighted by atomic mass is 16.3. The van der Waals surface area contributed by atoms with Crippen LogP contribution >= 0.6 is 0 Å². The maximum Gasteiger partial charge on any atom is 0.118 e. The van der Waals surface area contributed by atoms with E-state index in [0.29, 0.717) is 5.75 Å². The lowest BCUT2D eigenvalue weighted by atomic mass is 10.1. The Morgan fingerprint density at radius 2 is 1.85 bits per heavy atom. The van der Waals surface area contributed by atoms with Gasteiger partial charge in [-0.3, -0.25) is 0 Å². The lowest BCUT2D eigenvalue weighted by molar-refractivity contribution is 0.466. The van der Waals surface area contributed by atoms with Crippen LogP contribution in [0.25, 0.3) is 0 Å². The molecule has 0 aliphatic carbocycles. The van der Waals surface area contributed by atoms with Gasteiger partial charge in [0.2, 0.25) is 0 Å². The molecule has 1 rings (SSSR count). The summed E-state index contributed by atoms with van der Waals surface area (Å²) in [5.74, 6) is 0.412. The number of benzene rings is 1. The van der Waals surface area contributed by atoms with E-state index < -0.39 is 0 Å². The quantitative estimate of drug-likeness (QED) is 0.680. The van der Waals surface area contributed by atoms with E-state index in [-0.39, 0.29) is 0 Å². The summed E-state index contributed by atoms with van der Waals surface area (Å²) in [5, 5.41) is 9.44. The van der Waals surface area contributed by atoms with Gasteiger partial charge in [0.05, 0.1) is 0 Å². The van der Waals surface area contributed by atoms with Gasteiger partial charge in [-0.25, -0.2) is 0 Å². The first-order chi connectivity index (χ1) is 6.34. The SMILES string of the molecule is NCCCCCc1ccccc1O. The largest absolute Gasteiger partial charge is 0.508 e. The number of aryl methyl sites for hydroxylation is 1. The second-order valence-corrected chi connectivity index (χ2v) is 3.23. The van der Waals surface area contributed by atoms with E-state index in [4.69, 9.17) is 5.73 Å². The smallest absolute Gasteiger partial charge is 0.118 e. The second kappa shape index (κ2) is 5.60. The van der Waals surface area contributed by atoms with Crippen molar-refractivity contribution in [2.45, 2.75) is 25.7 Å². The van der Waals surface area contributed by atoms with E-state index in [0.717, 1.165) is 37.8 Å². The van der Waals surface area contributed by atoms with Crippen molar-refractivity contribution in [3.05, 3.63) is 29.8 Å². The van der Waals surface area contributed by atoms with E-state index >= 15 is 0 Å². The Morgan fingerprint density at radius 3 is 2.54 bits per heavy atom. The summed E-state index contributed by atoms with van der Waals surface area (Å²) in [7, 11) is 0. The Bertz CT molecular complexity index is 248. The number of para-hydroxylation sites is 1. The molecule has 0 aliphatic heterocycles. The van der Waals surface area contributed by atoms with Gasteiger partial charge in [0.25, 0.3) is 0 Å². The molecule has 1 aromatic rings. The molecule has 0 aromatic heterocycles. The molecule has 0 amide bonds. The predicted octanol–water partition coefficient (Wildman–Crippen LogP) is 2.06. The highest BCUT2D eigenvalue weighted by Gasteiger charge is 1.98. The van der Waals surface area contributed by atoms with Crippen molar-refractivity contribution < 1.29 is 5.11 Å². The average Bonchev–Trinajstić information content (AvgIpc) is 2.15. The minimum atomic E-state index is 0.412. The summed E-state index contributed by atoms with van der Waals surface area (Å²) in [6, 6.07) is 7.51. The second-order valence-electron chi connectivity index (χ2n) is 3.23. The van der Waals surface area contributed by atoms with Gasteiger partial charge in [-0.15, -0.1) is 0 Å². The Balaban J connectivity index is 2.32. The zero-order valence-electron chi connectivity index (χ0n) is 7.87. The molecule has 0 spiro atoms. The van der Waals surface area contributed by atoms with Gasteiger partial charge in [0.1, 0.15) is 5.75 Å². The van der Waals surface area contributed by atoms with Gasteiger partial charge in [0.15, 0.2) is 0 Å². The molecule has 0 heterocycles. The van der Waals surface area contributed by atoms with Crippen molar-refractivity contribution in [2.24, 2.45) is 5.73 Å². The van der Waals surface area contributed by atoms with Crippen molar-refractivity contribution in [2.75, 3.05) is 6.54 Å². The van der Waals surface area contributed by atoms with Crippen LogP contribution in [0.2, 0.25) is 0 Å². The van der Waals surface area contributed by atoms with E-state index in [9.17, 15) is 5.11 Å². The normalized spacial score (nSPS) is 10.2. The van der Waals surface area contributed by atoms with Gasteiger partial charge in [0, 0.05) is 0 Å². The first kappa shape index (κ1) is 10.1. The third-order valence-corrected chi connectivity index (χ3v) is 2.14. The molecule has 0 atom stereocenters. The number of aromatic hydroxyl groups is 1. The van der Waals surface area contributed by atoms with Crippen molar-refractivity contribution in [3.63, 3.8) is 0 Å². The molecule has 0 saturated heterocycles. The van der Waals surface area contributed by atoms with Crippen molar-refractivity contribution in [1.82, 2.24) is 0 Å². The summed E-state index contributed by atoms with van der Waals surface area (Å²) in [6.45, 7) is 0.765. The minimum absolute atomic E-state index is 0.412. The van der Waals surface area contributed by atoms with Crippen LogP contribution in [0.5, 0.6) is 5.75 Å². The summed E-state index contributed by atoms with van der Waals surface area (Å²) in [5.41, 5.74) is 6.43. The zero-order chi connectivity index (χ0) is 9.52. The monoisotopic (exact) mass is 179 g/mol. The molecule has 2 heteroatoms. The Kier molecular flexibility index (Phi) is 4.33. The fraction of sp³-hybridized carbons (Fsp3) is 0.455. The molecule has 0 unspecified atom stereocenters. The van der Waals surface area contributed by atoms with E-state index in [1.807, 2.05) is 18.2 Å². The molecular formula is C11H17NO. The molecule has 13 heavy (non-hydrogen) atoms. The average molecular weight is 179 g/mol. The molecule has 0 saturated carbocycles. The van der Waals surface area contributed by atoms with E-state index in [1.165, 1.54) is 0 Å². The van der Waals surface area contributed by atoms with Crippen LogP contribution < -0.4 is 5.73 Å². The van der Waals surface area contributed by atoms with Crippen molar-refractivity contribution >= 4 is 0 Å². The first-order valence-corrected chi connectivity index (χ1v) is 4.81. The standard InChI is InChI=1S/C11H17NO/c12-9-5-1-2-6-10-7-3-4-8-11(10)13/h3-4,7-8,13H,1-2,5-6,9,12H2. The van der Waals surface area contributed by atoms with E-state index in [2.05, 4.69) is 0 Å². The van der Waals surface area contributed by atoms with E-state index in [1.54, 1.807) is 6.07 Å². The van der Waals surface area contributed by atoms with Crippen LogP contribution in [0.1, 0.15) is 24.8 Å². The Hall–Kier alpha value is -1.02. The number of phenols is 1. The van der Waals surface area contributed by atoms with Gasteiger partial charge < -0.3 is 10.8 Å². The van der Waals surface area contributed by atoms with Gasteiger partial charge in [-0.2, -0.15) is 0 Å². The summed E-state index contributed by atoms with van der Waals surface area (Å²) < 4.78 is 0. The van der Waals surface area contributed by atoms with Crippen molar-refractivity contribution in [3.8, 4) is 5.75 Å². The Labute approximate surface area is 79.4 Å². The summed E-state index contributed by atoms with van der Waals surface area (Å²) in [6.07, 6.45) is 4.28. The third kappa shape index (κ3) is 3.47. The molecule has 0 fully saturated rings. The zero-order valence-corrected chi connectivity index (χ0v) is 7.87. The highest BCUT2D eigenvalue weighted by molar-refractivity contribution is 5.31. The molecular weight excluding hydrogens is 162 g/mol. The number of rotatable bonds is 5. The van der Waals surface area contributed by atoms with Crippen molar-refractivity contribution in [1.29, 1.82) is 0 Å². The number of nitrogens with two attached hydrogens (primary N) is 1. The molecule has 3 N–H and O–H groups in total. The molecule has 0 bridgehead atoms. The molecule has 0 radical (unpaired) electrons. The van der Waals surface area contributed by atoms with Crippen LogP contribution in [-0.2, 0) is 6.42 Å². The first-order valence-electron chi connectivity index (χ1n) is 4.81. The molecule has 72 valence electrons. The fourth-order valence-electron chi connectivity index (χ4n) is 1.36. The number of hydrogen-bond acceptors (Lipinski definition) is 2. The third-order valence-electron chi connectivity index (χ3n) is 2.14. The molecule has 1 aromatic carbocycles. The van der Waals surface area contributed by atoms with Gasteiger partial charge in [-0.1, -0.05) is 24.6 Å². The highest BCUT2D eigenvalue weighted by Crippen LogP contribution is 2.17. The maximum absolute atomic E-state index is 9.44. The van der Waals surface area contributed by atoms with Crippen LogP contribution in [0.3, 0.4) is 0 Å². The summed E-state index contributed by atoms with van der Waals surface area (Å²) >= 11 is 0.